The van der Waals surface area contributed by atoms with Crippen LogP contribution in [0.3, 0.4) is 0 Å². The lowest BCUT2D eigenvalue weighted by Gasteiger charge is -2.19. The molecule has 0 aliphatic carbocycles. The van der Waals surface area contributed by atoms with Gasteiger partial charge in [0.15, 0.2) is 6.54 Å². The average molecular weight is 370 g/mol. The molecule has 1 unspecified atom stereocenters. The molecule has 0 aromatic heterocycles. The van der Waals surface area contributed by atoms with Crippen molar-refractivity contribution in [2.75, 3.05) is 30.3 Å². The van der Waals surface area contributed by atoms with Crippen molar-refractivity contribution in [1.82, 2.24) is 0 Å². The fourth-order valence-electron chi connectivity index (χ4n) is 2.80. The van der Waals surface area contributed by atoms with Crippen LogP contribution in [0.5, 0.6) is 5.75 Å². The molecule has 0 saturated carbocycles. The predicted octanol–water partition coefficient (Wildman–Crippen LogP) is 2.09. The Morgan fingerprint density at radius 2 is 1.59 bits per heavy atom. The fourth-order valence-corrected chi connectivity index (χ4v) is 2.80. The third kappa shape index (κ3) is 6.75. The summed E-state index contributed by atoms with van der Waals surface area (Å²) in [5.41, 5.74) is 2.51. The molecule has 2 rings (SSSR count). The molecule has 0 aliphatic heterocycles. The zero-order valence-electron chi connectivity index (χ0n) is 16.2. The van der Waals surface area contributed by atoms with Gasteiger partial charge < -0.3 is 20.3 Å². The van der Waals surface area contributed by atoms with Gasteiger partial charge in [-0.05, 0) is 50.2 Å². The summed E-state index contributed by atoms with van der Waals surface area (Å²) in [6.45, 7) is 8.02. The van der Waals surface area contributed by atoms with E-state index >= 15 is 0 Å². The highest BCUT2D eigenvalue weighted by molar-refractivity contribution is 5.92. The van der Waals surface area contributed by atoms with Crippen LogP contribution in [0.2, 0.25) is 0 Å². The molecule has 1 atom stereocenters. The number of ether oxygens (including phenoxy) is 1. The van der Waals surface area contributed by atoms with Crippen LogP contribution in [-0.2, 0) is 16.1 Å². The molecule has 2 aromatic carbocycles. The van der Waals surface area contributed by atoms with E-state index in [0.29, 0.717) is 24.5 Å². The normalized spacial score (nSPS) is 11.5. The van der Waals surface area contributed by atoms with Gasteiger partial charge in [-0.2, -0.15) is 0 Å². The van der Waals surface area contributed by atoms with E-state index < -0.39 is 0 Å². The van der Waals surface area contributed by atoms with E-state index in [-0.39, 0.29) is 11.8 Å². The first kappa shape index (κ1) is 20.5. The number of quaternary nitrogens is 1. The maximum Gasteiger partial charge on any atom is 0.279 e. The van der Waals surface area contributed by atoms with Crippen molar-refractivity contribution in [3.8, 4) is 5.75 Å². The van der Waals surface area contributed by atoms with Gasteiger partial charge in [-0.3, -0.25) is 9.59 Å². The van der Waals surface area contributed by atoms with Gasteiger partial charge in [0.05, 0.1) is 13.2 Å². The highest BCUT2D eigenvalue weighted by atomic mass is 16.5. The second-order valence-corrected chi connectivity index (χ2v) is 6.30. The molecule has 6 heteroatoms. The Balaban J connectivity index is 1.94. The van der Waals surface area contributed by atoms with Gasteiger partial charge >= 0.3 is 0 Å². The van der Waals surface area contributed by atoms with E-state index in [1.807, 2.05) is 31.2 Å². The van der Waals surface area contributed by atoms with Crippen LogP contribution >= 0.6 is 0 Å². The second-order valence-electron chi connectivity index (χ2n) is 6.30. The Labute approximate surface area is 160 Å². The second kappa shape index (κ2) is 10.3. The third-order valence-corrected chi connectivity index (χ3v) is 4.11. The van der Waals surface area contributed by atoms with E-state index in [4.69, 9.17) is 4.74 Å². The summed E-state index contributed by atoms with van der Waals surface area (Å²) < 4.78 is 5.68. The number of likely N-dealkylation sites (N-methyl/N-ethyl adjacent to an activating group) is 1. The predicted molar refractivity (Wildman–Crippen MR) is 107 cm³/mol. The Kier molecular flexibility index (Phi) is 7.82. The maximum absolute atomic E-state index is 12.4. The Bertz CT molecular complexity index is 760. The molecule has 0 aliphatic rings. The first-order chi connectivity index (χ1) is 13.0. The molecule has 3 N–H and O–H groups in total. The Hall–Kier alpha value is -2.86. The molecule has 2 amide bonds. The van der Waals surface area contributed by atoms with E-state index in [1.54, 1.807) is 24.3 Å². The summed E-state index contributed by atoms with van der Waals surface area (Å²) in [6.07, 6.45) is 0. The number of rotatable bonds is 9. The van der Waals surface area contributed by atoms with Crippen molar-refractivity contribution in [2.24, 2.45) is 0 Å². The highest BCUT2D eigenvalue weighted by Gasteiger charge is 2.15. The van der Waals surface area contributed by atoms with E-state index in [9.17, 15) is 9.59 Å². The number of para-hydroxylation sites is 1. The minimum Gasteiger partial charge on any atom is -0.493 e. The molecule has 144 valence electrons. The lowest BCUT2D eigenvalue weighted by Crippen LogP contribution is -3.11. The van der Waals surface area contributed by atoms with Crippen LogP contribution in [0.15, 0.2) is 48.5 Å². The maximum atomic E-state index is 12.4. The summed E-state index contributed by atoms with van der Waals surface area (Å²) in [6, 6.07) is 15.0. The molecule has 0 fully saturated rings. The van der Waals surface area contributed by atoms with Crippen molar-refractivity contribution in [3.05, 3.63) is 54.1 Å². The van der Waals surface area contributed by atoms with Crippen molar-refractivity contribution in [3.63, 3.8) is 0 Å². The third-order valence-electron chi connectivity index (χ3n) is 4.11. The first-order valence-corrected chi connectivity index (χ1v) is 9.23. The molecule has 6 nitrogen and oxygen atoms in total. The summed E-state index contributed by atoms with van der Waals surface area (Å²) in [5, 5.41) is 5.61. The number of carbonyl (C=O) groups is 2. The zero-order valence-corrected chi connectivity index (χ0v) is 16.2. The van der Waals surface area contributed by atoms with E-state index in [2.05, 4.69) is 17.6 Å². The quantitative estimate of drug-likeness (QED) is 0.633. The van der Waals surface area contributed by atoms with Gasteiger partial charge in [-0.25, -0.2) is 0 Å². The first-order valence-electron chi connectivity index (χ1n) is 9.23. The zero-order chi connectivity index (χ0) is 19.6. The van der Waals surface area contributed by atoms with Gasteiger partial charge in [-0.15, -0.1) is 0 Å². The number of amides is 2. The van der Waals surface area contributed by atoms with Crippen molar-refractivity contribution < 1.29 is 19.2 Å². The number of carbonyl (C=O) groups excluding carboxylic acids is 2. The Morgan fingerprint density at radius 1 is 0.963 bits per heavy atom. The fraction of sp³-hybridized carbons (Fsp3) is 0.333. The summed E-state index contributed by atoms with van der Waals surface area (Å²) >= 11 is 0. The van der Waals surface area contributed by atoms with Crippen molar-refractivity contribution >= 4 is 23.2 Å². The van der Waals surface area contributed by atoms with Crippen LogP contribution in [0.25, 0.3) is 0 Å². The van der Waals surface area contributed by atoms with E-state index in [1.165, 1.54) is 6.92 Å². The number of hydrogen-bond acceptors (Lipinski definition) is 3. The van der Waals surface area contributed by atoms with Crippen molar-refractivity contribution in [2.45, 2.75) is 27.3 Å². The van der Waals surface area contributed by atoms with Crippen LogP contribution in [0, 0.1) is 0 Å². The molecule has 0 spiro atoms. The average Bonchev–Trinajstić information content (AvgIpc) is 2.64. The molecule has 0 saturated heterocycles. The Morgan fingerprint density at radius 3 is 2.19 bits per heavy atom. The topological polar surface area (TPSA) is 71.9 Å². The SMILES string of the molecule is CCOc1ccccc1C[NH+](CC)CC(=O)Nc1ccc(NC(C)=O)cc1. The minimum atomic E-state index is -0.124. The van der Waals surface area contributed by atoms with Gasteiger partial charge in [0.1, 0.15) is 12.3 Å². The number of nitrogens with one attached hydrogen (secondary N) is 3. The molecule has 2 aromatic rings. The smallest absolute Gasteiger partial charge is 0.279 e. The lowest BCUT2D eigenvalue weighted by molar-refractivity contribution is -0.903. The van der Waals surface area contributed by atoms with Crippen LogP contribution in [0.4, 0.5) is 11.4 Å². The highest BCUT2D eigenvalue weighted by Crippen LogP contribution is 2.17. The molecular formula is C21H28N3O3+. The van der Waals surface area contributed by atoms with Crippen LogP contribution in [-0.4, -0.2) is 31.5 Å². The van der Waals surface area contributed by atoms with Gasteiger partial charge in [-0.1, -0.05) is 12.1 Å². The summed E-state index contributed by atoms with van der Waals surface area (Å²) in [7, 11) is 0. The van der Waals surface area contributed by atoms with Crippen LogP contribution in [0.1, 0.15) is 26.3 Å². The molecule has 27 heavy (non-hydrogen) atoms. The standard InChI is InChI=1S/C21H27N3O3/c1-4-24(14-17-8-6-7-9-20(17)27-5-2)15-21(26)23-19-12-10-18(11-13-19)22-16(3)25/h6-13H,4-5,14-15H2,1-3H3,(H,22,25)(H,23,26)/p+1. The van der Waals surface area contributed by atoms with Gasteiger partial charge in [0, 0.05) is 23.9 Å². The lowest BCUT2D eigenvalue weighted by atomic mass is 10.2. The largest absolute Gasteiger partial charge is 0.493 e. The van der Waals surface area contributed by atoms with Gasteiger partial charge in [0.25, 0.3) is 5.91 Å². The summed E-state index contributed by atoms with van der Waals surface area (Å²) in [5.74, 6) is 0.703. The number of hydrogen-bond donors (Lipinski definition) is 3. The minimum absolute atomic E-state index is 0.0481. The van der Waals surface area contributed by atoms with E-state index in [0.717, 1.165) is 29.3 Å². The molecule has 0 heterocycles. The summed E-state index contributed by atoms with van der Waals surface area (Å²) in [4.78, 5) is 24.6. The molecular weight excluding hydrogens is 342 g/mol. The number of anilines is 2. The van der Waals surface area contributed by atoms with Crippen molar-refractivity contribution in [1.29, 1.82) is 0 Å². The molecule has 0 radical (unpaired) electrons. The monoisotopic (exact) mass is 370 g/mol. The molecule has 0 bridgehead atoms. The van der Waals surface area contributed by atoms with Gasteiger partial charge in [0.2, 0.25) is 5.91 Å². The number of benzene rings is 2. The van der Waals surface area contributed by atoms with Crippen LogP contribution < -0.4 is 20.3 Å².